The molecule has 0 atom stereocenters. The van der Waals surface area contributed by atoms with E-state index in [2.05, 4.69) is 15.4 Å². The summed E-state index contributed by atoms with van der Waals surface area (Å²) in [6.45, 7) is 2.71. The highest BCUT2D eigenvalue weighted by molar-refractivity contribution is 7.13. The lowest BCUT2D eigenvalue weighted by Gasteiger charge is -2.18. The normalized spacial score (nSPS) is 10.6. The van der Waals surface area contributed by atoms with Gasteiger partial charge in [0.15, 0.2) is 0 Å². The summed E-state index contributed by atoms with van der Waals surface area (Å²) in [5.74, 6) is 0.389. The van der Waals surface area contributed by atoms with E-state index in [-0.39, 0.29) is 19.1 Å². The molecule has 2 heterocycles. The zero-order chi connectivity index (χ0) is 13.7. The number of likely N-dealkylation sites (N-methyl/N-ethyl adjacent to an activating group) is 1. The van der Waals surface area contributed by atoms with E-state index in [1.807, 2.05) is 24.4 Å². The van der Waals surface area contributed by atoms with Gasteiger partial charge >= 0.3 is 0 Å². The van der Waals surface area contributed by atoms with Gasteiger partial charge in [-0.05, 0) is 23.6 Å². The zero-order valence-corrected chi connectivity index (χ0v) is 11.4. The molecule has 0 saturated heterocycles. The Bertz CT molecular complexity index is 525. The number of amides is 1. The number of thiophene rings is 1. The molecular weight excluding hydrogens is 266 g/mol. The Balaban J connectivity index is 2.02. The van der Waals surface area contributed by atoms with E-state index in [4.69, 9.17) is 5.11 Å². The van der Waals surface area contributed by atoms with E-state index in [1.54, 1.807) is 4.90 Å². The standard InChI is InChI=1S/C11H15N5O2S/c1-2-15(5-6-17)10(18)8-16-13-11(12-14-16)9-4-3-7-19-9/h3-4,7,17H,2,5-6,8H2,1H3. The number of carbonyl (C=O) groups is 1. The van der Waals surface area contributed by atoms with Gasteiger partial charge in [-0.3, -0.25) is 4.79 Å². The summed E-state index contributed by atoms with van der Waals surface area (Å²) in [4.78, 5) is 15.7. The molecule has 0 unspecified atom stereocenters. The molecule has 0 saturated carbocycles. The van der Waals surface area contributed by atoms with Crippen molar-refractivity contribution >= 4 is 17.2 Å². The molecule has 102 valence electrons. The highest BCUT2D eigenvalue weighted by atomic mass is 32.1. The maximum Gasteiger partial charge on any atom is 0.246 e. The molecule has 7 nitrogen and oxygen atoms in total. The van der Waals surface area contributed by atoms with Crippen LogP contribution >= 0.6 is 11.3 Å². The van der Waals surface area contributed by atoms with Crippen LogP contribution < -0.4 is 0 Å². The first-order valence-electron chi connectivity index (χ1n) is 5.95. The van der Waals surface area contributed by atoms with Gasteiger partial charge in [-0.25, -0.2) is 0 Å². The van der Waals surface area contributed by atoms with E-state index < -0.39 is 0 Å². The van der Waals surface area contributed by atoms with Gasteiger partial charge in [0.05, 0.1) is 11.5 Å². The average Bonchev–Trinajstić information content (AvgIpc) is 3.05. The van der Waals surface area contributed by atoms with Gasteiger partial charge in [0, 0.05) is 13.1 Å². The fraction of sp³-hybridized carbons (Fsp3) is 0.455. The lowest BCUT2D eigenvalue weighted by Crippen LogP contribution is -2.36. The van der Waals surface area contributed by atoms with Gasteiger partial charge in [0.25, 0.3) is 0 Å². The Hall–Kier alpha value is -1.80. The van der Waals surface area contributed by atoms with E-state index in [9.17, 15) is 4.79 Å². The highest BCUT2D eigenvalue weighted by Crippen LogP contribution is 2.19. The molecule has 0 aliphatic rings. The van der Waals surface area contributed by atoms with Crippen molar-refractivity contribution in [1.29, 1.82) is 0 Å². The van der Waals surface area contributed by atoms with Crippen LogP contribution in [-0.2, 0) is 11.3 Å². The lowest BCUT2D eigenvalue weighted by molar-refractivity contribution is -0.132. The molecule has 2 aromatic rings. The van der Waals surface area contributed by atoms with Crippen molar-refractivity contribution in [1.82, 2.24) is 25.1 Å². The summed E-state index contributed by atoms with van der Waals surface area (Å²) < 4.78 is 0. The van der Waals surface area contributed by atoms with Gasteiger partial charge in [-0.15, -0.1) is 21.5 Å². The molecule has 0 radical (unpaired) electrons. The minimum absolute atomic E-state index is 0.0339. The van der Waals surface area contributed by atoms with Crippen molar-refractivity contribution in [3.63, 3.8) is 0 Å². The minimum atomic E-state index is -0.133. The van der Waals surface area contributed by atoms with Gasteiger partial charge in [0.1, 0.15) is 6.54 Å². The number of hydrogen-bond acceptors (Lipinski definition) is 6. The average molecular weight is 281 g/mol. The SMILES string of the molecule is CCN(CCO)C(=O)Cn1nnc(-c2cccs2)n1. The zero-order valence-electron chi connectivity index (χ0n) is 10.6. The van der Waals surface area contributed by atoms with Crippen molar-refractivity contribution < 1.29 is 9.90 Å². The second kappa shape index (κ2) is 6.39. The number of nitrogens with zero attached hydrogens (tertiary/aromatic N) is 5. The lowest BCUT2D eigenvalue weighted by atomic mass is 10.4. The summed E-state index contributed by atoms with van der Waals surface area (Å²) in [5, 5.41) is 22.7. The molecule has 1 amide bonds. The predicted molar refractivity (Wildman–Crippen MR) is 70.5 cm³/mol. The van der Waals surface area contributed by atoms with E-state index in [0.29, 0.717) is 18.9 Å². The Labute approximate surface area is 114 Å². The van der Waals surface area contributed by atoms with Crippen molar-refractivity contribution in [2.75, 3.05) is 19.7 Å². The third-order valence-corrected chi connectivity index (χ3v) is 3.44. The van der Waals surface area contributed by atoms with Crippen LogP contribution in [0.15, 0.2) is 17.5 Å². The van der Waals surface area contributed by atoms with Gasteiger partial charge in [-0.2, -0.15) is 4.80 Å². The van der Waals surface area contributed by atoms with Crippen LogP contribution in [0.5, 0.6) is 0 Å². The monoisotopic (exact) mass is 281 g/mol. The number of rotatable bonds is 6. The second-order valence-corrected chi connectivity index (χ2v) is 4.77. The quantitative estimate of drug-likeness (QED) is 0.820. The smallest absolute Gasteiger partial charge is 0.246 e. The Kier molecular flexibility index (Phi) is 4.58. The van der Waals surface area contributed by atoms with E-state index in [0.717, 1.165) is 4.88 Å². The molecule has 0 aliphatic heterocycles. The molecule has 19 heavy (non-hydrogen) atoms. The molecule has 2 aromatic heterocycles. The number of carbonyl (C=O) groups excluding carboxylic acids is 1. The molecule has 8 heteroatoms. The molecular formula is C11H15N5O2S. The van der Waals surface area contributed by atoms with Gasteiger partial charge < -0.3 is 10.0 Å². The molecule has 0 spiro atoms. The third kappa shape index (κ3) is 3.36. The number of hydrogen-bond donors (Lipinski definition) is 1. The number of tetrazole rings is 1. The fourth-order valence-corrected chi connectivity index (χ4v) is 2.26. The fourth-order valence-electron chi connectivity index (χ4n) is 1.62. The van der Waals surface area contributed by atoms with Crippen LogP contribution in [0.4, 0.5) is 0 Å². The minimum Gasteiger partial charge on any atom is -0.395 e. The largest absolute Gasteiger partial charge is 0.395 e. The molecule has 0 bridgehead atoms. The summed E-state index contributed by atoms with van der Waals surface area (Å²) in [6.07, 6.45) is 0. The summed E-state index contributed by atoms with van der Waals surface area (Å²) in [6, 6.07) is 3.81. The maximum atomic E-state index is 11.9. The first kappa shape index (κ1) is 13.6. The number of aromatic nitrogens is 4. The van der Waals surface area contributed by atoms with E-state index >= 15 is 0 Å². The van der Waals surface area contributed by atoms with Crippen LogP contribution in [0, 0.1) is 0 Å². The highest BCUT2D eigenvalue weighted by Gasteiger charge is 2.14. The van der Waals surface area contributed by atoms with Gasteiger partial charge in [0.2, 0.25) is 11.7 Å². The molecule has 0 aliphatic carbocycles. The van der Waals surface area contributed by atoms with Crippen LogP contribution in [0.3, 0.4) is 0 Å². The molecule has 2 rings (SSSR count). The number of aliphatic hydroxyl groups excluding tert-OH is 1. The Morgan fingerprint density at radius 2 is 2.42 bits per heavy atom. The van der Waals surface area contributed by atoms with Crippen molar-refractivity contribution in [2.45, 2.75) is 13.5 Å². The van der Waals surface area contributed by atoms with Crippen LogP contribution in [0.1, 0.15) is 6.92 Å². The van der Waals surface area contributed by atoms with Gasteiger partial charge in [-0.1, -0.05) is 6.07 Å². The van der Waals surface area contributed by atoms with Crippen LogP contribution in [0.25, 0.3) is 10.7 Å². The predicted octanol–water partition coefficient (Wildman–Crippen LogP) is 0.242. The number of aliphatic hydroxyl groups is 1. The first-order chi connectivity index (χ1) is 9.24. The van der Waals surface area contributed by atoms with Crippen LogP contribution in [-0.4, -0.2) is 55.8 Å². The molecule has 0 fully saturated rings. The summed E-state index contributed by atoms with van der Waals surface area (Å²) in [5.41, 5.74) is 0. The Morgan fingerprint density at radius 1 is 1.58 bits per heavy atom. The topological polar surface area (TPSA) is 84.1 Å². The van der Waals surface area contributed by atoms with Crippen LogP contribution in [0.2, 0.25) is 0 Å². The third-order valence-electron chi connectivity index (χ3n) is 2.58. The van der Waals surface area contributed by atoms with E-state index in [1.165, 1.54) is 16.1 Å². The summed E-state index contributed by atoms with van der Waals surface area (Å²) in [7, 11) is 0. The maximum absolute atomic E-state index is 11.9. The summed E-state index contributed by atoms with van der Waals surface area (Å²) >= 11 is 1.52. The second-order valence-electron chi connectivity index (χ2n) is 3.82. The van der Waals surface area contributed by atoms with Crippen molar-refractivity contribution in [3.8, 4) is 10.7 Å². The Morgan fingerprint density at radius 3 is 3.05 bits per heavy atom. The first-order valence-corrected chi connectivity index (χ1v) is 6.83. The van der Waals surface area contributed by atoms with Crippen molar-refractivity contribution in [2.24, 2.45) is 0 Å². The molecule has 0 aromatic carbocycles. The molecule has 1 N–H and O–H groups in total. The van der Waals surface area contributed by atoms with Crippen molar-refractivity contribution in [3.05, 3.63) is 17.5 Å².